The largest absolute Gasteiger partial charge is 0.446 e. The number of carbonyl (C=O) groups is 1. The first-order valence-electron chi connectivity index (χ1n) is 17.7. The molecule has 6 nitrogen and oxygen atoms in total. The van der Waals surface area contributed by atoms with E-state index in [4.69, 9.17) is 9.26 Å². The van der Waals surface area contributed by atoms with E-state index < -0.39 is 7.60 Å². The van der Waals surface area contributed by atoms with Gasteiger partial charge in [-0.25, -0.2) is 4.79 Å². The molecule has 0 bridgehead atoms. The number of ether oxygens (including phenoxy) is 1. The number of hydrogen-bond donors (Lipinski definition) is 2. The molecule has 0 aliphatic heterocycles. The Kier molecular flexibility index (Phi) is 13.8. The zero-order valence-electron chi connectivity index (χ0n) is 28.3. The molecule has 3 aliphatic carbocycles. The second kappa shape index (κ2) is 16.1. The van der Waals surface area contributed by atoms with E-state index in [1.807, 2.05) is 0 Å². The SMILES string of the molecule is CCCC[C@@]1(C)[C@H](OC(=O)NCCCCCCOP(C)(=O)O)CC[C@@H]2[C@@H]1CC[C@]1(C)C([C@H](C)CCCC(C)C)CC[C@@H]21. The number of carbonyl (C=O) groups excluding carboxylic acids is 1. The molecule has 9 atom stereocenters. The van der Waals surface area contributed by atoms with Gasteiger partial charge in [0.15, 0.2) is 0 Å². The summed E-state index contributed by atoms with van der Waals surface area (Å²) in [6.07, 6.45) is 18.5. The summed E-state index contributed by atoms with van der Waals surface area (Å²) in [5.41, 5.74) is 0.541. The first kappa shape index (κ1) is 35.9. The highest BCUT2D eigenvalue weighted by Crippen LogP contribution is 2.66. The summed E-state index contributed by atoms with van der Waals surface area (Å²) in [6.45, 7) is 16.8. The van der Waals surface area contributed by atoms with Crippen LogP contribution >= 0.6 is 7.60 Å². The van der Waals surface area contributed by atoms with Crippen molar-refractivity contribution in [2.45, 2.75) is 150 Å². The Morgan fingerprint density at radius 1 is 0.952 bits per heavy atom. The van der Waals surface area contributed by atoms with Gasteiger partial charge in [-0.05, 0) is 98.7 Å². The van der Waals surface area contributed by atoms with Gasteiger partial charge in [0.1, 0.15) is 6.10 Å². The Morgan fingerprint density at radius 3 is 2.38 bits per heavy atom. The highest BCUT2D eigenvalue weighted by atomic mass is 31.2. The van der Waals surface area contributed by atoms with Crippen molar-refractivity contribution < 1.29 is 23.5 Å². The quantitative estimate of drug-likeness (QED) is 0.126. The zero-order valence-corrected chi connectivity index (χ0v) is 29.2. The maximum Gasteiger partial charge on any atom is 0.407 e. The van der Waals surface area contributed by atoms with Crippen LogP contribution in [-0.2, 0) is 13.8 Å². The molecule has 3 aliphatic rings. The lowest BCUT2D eigenvalue weighted by atomic mass is 9.47. The van der Waals surface area contributed by atoms with Gasteiger partial charge in [-0.1, -0.05) is 86.5 Å². The molecule has 0 heterocycles. The molecule has 2 N–H and O–H groups in total. The third-order valence-corrected chi connectivity index (χ3v) is 12.6. The predicted molar refractivity (Wildman–Crippen MR) is 174 cm³/mol. The van der Waals surface area contributed by atoms with Crippen molar-refractivity contribution in [3.05, 3.63) is 0 Å². The molecule has 3 rings (SSSR count). The van der Waals surface area contributed by atoms with Gasteiger partial charge < -0.3 is 19.5 Å². The van der Waals surface area contributed by atoms with Gasteiger partial charge in [-0.15, -0.1) is 0 Å². The molecule has 2 unspecified atom stereocenters. The van der Waals surface area contributed by atoms with Crippen LogP contribution in [0.4, 0.5) is 4.79 Å². The van der Waals surface area contributed by atoms with Crippen LogP contribution in [-0.4, -0.2) is 36.9 Å². The van der Waals surface area contributed by atoms with E-state index >= 15 is 0 Å². The molecular formula is C35H66NO5P. The Balaban J connectivity index is 1.54. The van der Waals surface area contributed by atoms with Crippen LogP contribution in [0.2, 0.25) is 0 Å². The van der Waals surface area contributed by atoms with Gasteiger partial charge in [-0.3, -0.25) is 4.57 Å². The van der Waals surface area contributed by atoms with Gasteiger partial charge in [0, 0.05) is 18.6 Å². The Bertz CT molecular complexity index is 875. The normalized spacial score (nSPS) is 34.8. The number of nitrogens with one attached hydrogen (secondary N) is 1. The monoisotopic (exact) mass is 611 g/mol. The molecule has 0 aromatic carbocycles. The first-order valence-corrected chi connectivity index (χ1v) is 19.7. The Morgan fingerprint density at radius 2 is 1.69 bits per heavy atom. The molecule has 3 fully saturated rings. The van der Waals surface area contributed by atoms with Crippen LogP contribution in [0.25, 0.3) is 0 Å². The van der Waals surface area contributed by atoms with Crippen molar-refractivity contribution in [2.75, 3.05) is 19.8 Å². The minimum atomic E-state index is -3.38. The van der Waals surface area contributed by atoms with Crippen LogP contribution in [0.5, 0.6) is 0 Å². The molecule has 0 radical (unpaired) electrons. The van der Waals surface area contributed by atoms with E-state index in [-0.39, 0.29) is 17.6 Å². The number of rotatable bonds is 17. The highest BCUT2D eigenvalue weighted by Gasteiger charge is 2.60. The standard InChI is InChI=1S/C35H66NO5P/c1-8-9-22-35(6)31-21-23-34(5)29(27(4)16-14-15-26(2)3)18-19-30(34)28(31)17-20-32(35)41-33(37)36-24-12-10-11-13-25-40-42(7,38)39/h26-32H,8-25H2,1-7H3,(H,36,37)(H,38,39)/t27-,28+,29?,30+,31+,32-,34-,35-/m1/s1. The molecule has 0 aromatic rings. The van der Waals surface area contributed by atoms with Crippen molar-refractivity contribution in [2.24, 2.45) is 46.3 Å². The van der Waals surface area contributed by atoms with E-state index in [1.54, 1.807) is 0 Å². The second-order valence-electron chi connectivity index (χ2n) is 15.5. The van der Waals surface area contributed by atoms with Crippen LogP contribution < -0.4 is 5.32 Å². The molecule has 0 saturated heterocycles. The first-order chi connectivity index (χ1) is 19.8. The van der Waals surface area contributed by atoms with Gasteiger partial charge in [0.05, 0.1) is 6.61 Å². The maximum absolute atomic E-state index is 12.9. The molecule has 0 aromatic heterocycles. The molecule has 0 spiro atoms. The van der Waals surface area contributed by atoms with Crippen LogP contribution in [0.15, 0.2) is 0 Å². The third kappa shape index (κ3) is 9.46. The van der Waals surface area contributed by atoms with Gasteiger partial charge in [-0.2, -0.15) is 0 Å². The molecule has 42 heavy (non-hydrogen) atoms. The van der Waals surface area contributed by atoms with E-state index in [1.165, 1.54) is 70.9 Å². The van der Waals surface area contributed by atoms with E-state index in [9.17, 15) is 14.3 Å². The molecule has 7 heteroatoms. The average molecular weight is 612 g/mol. The smallest absolute Gasteiger partial charge is 0.407 e. The third-order valence-electron chi connectivity index (χ3n) is 12.0. The van der Waals surface area contributed by atoms with Crippen LogP contribution in [0.1, 0.15) is 144 Å². The Hall–Kier alpha value is -0.580. The molecule has 1 amide bonds. The van der Waals surface area contributed by atoms with Crippen molar-refractivity contribution in [1.82, 2.24) is 5.32 Å². The average Bonchev–Trinajstić information content (AvgIpc) is 3.27. The fraction of sp³-hybridized carbons (Fsp3) is 0.971. The fourth-order valence-electron chi connectivity index (χ4n) is 9.72. The molecule has 246 valence electrons. The fourth-order valence-corrected chi connectivity index (χ4v) is 10.2. The summed E-state index contributed by atoms with van der Waals surface area (Å²) in [6, 6.07) is 0. The van der Waals surface area contributed by atoms with Gasteiger partial charge in [0.2, 0.25) is 0 Å². The summed E-state index contributed by atoms with van der Waals surface area (Å²) in [5, 5.41) is 3.02. The summed E-state index contributed by atoms with van der Waals surface area (Å²) >= 11 is 0. The number of alkyl carbamates (subject to hydrolysis) is 1. The number of fused-ring (bicyclic) bond motifs is 3. The lowest BCUT2D eigenvalue weighted by Gasteiger charge is -2.59. The summed E-state index contributed by atoms with van der Waals surface area (Å²) in [4.78, 5) is 22.1. The van der Waals surface area contributed by atoms with Crippen molar-refractivity contribution in [3.63, 3.8) is 0 Å². The molecule has 3 saturated carbocycles. The minimum Gasteiger partial charge on any atom is -0.446 e. The van der Waals surface area contributed by atoms with E-state index in [2.05, 4.69) is 46.9 Å². The zero-order chi connectivity index (χ0) is 31.0. The summed E-state index contributed by atoms with van der Waals surface area (Å²) in [7, 11) is -3.38. The van der Waals surface area contributed by atoms with E-state index in [0.29, 0.717) is 24.5 Å². The predicted octanol–water partition coefficient (Wildman–Crippen LogP) is 9.98. The van der Waals surface area contributed by atoms with Crippen LogP contribution in [0.3, 0.4) is 0 Å². The van der Waals surface area contributed by atoms with Gasteiger partial charge >= 0.3 is 13.7 Å². The van der Waals surface area contributed by atoms with E-state index in [0.717, 1.165) is 68.1 Å². The van der Waals surface area contributed by atoms with Crippen molar-refractivity contribution >= 4 is 13.7 Å². The Labute approximate surface area is 258 Å². The summed E-state index contributed by atoms with van der Waals surface area (Å²) < 4.78 is 22.4. The summed E-state index contributed by atoms with van der Waals surface area (Å²) in [5.74, 6) is 4.77. The maximum atomic E-state index is 12.9. The lowest BCUT2D eigenvalue weighted by molar-refractivity contribution is -0.134. The topological polar surface area (TPSA) is 84.9 Å². The number of amides is 1. The number of hydrogen-bond acceptors (Lipinski definition) is 4. The second-order valence-corrected chi connectivity index (χ2v) is 17.3. The molecular weight excluding hydrogens is 545 g/mol. The lowest BCUT2D eigenvalue weighted by Crippen LogP contribution is -2.55. The minimum absolute atomic E-state index is 0.00202. The van der Waals surface area contributed by atoms with Crippen molar-refractivity contribution in [1.29, 1.82) is 0 Å². The number of unbranched alkanes of at least 4 members (excludes halogenated alkanes) is 4. The highest BCUT2D eigenvalue weighted by molar-refractivity contribution is 7.51. The van der Waals surface area contributed by atoms with Gasteiger partial charge in [0.25, 0.3) is 0 Å². The van der Waals surface area contributed by atoms with Crippen molar-refractivity contribution in [3.8, 4) is 0 Å². The van der Waals surface area contributed by atoms with Crippen LogP contribution in [0, 0.1) is 46.3 Å².